The number of hydrogen-bond acceptors (Lipinski definition) is 8. The molecule has 0 aromatic heterocycles. The van der Waals surface area contributed by atoms with Gasteiger partial charge in [0, 0.05) is 12.8 Å². The Morgan fingerprint density at radius 3 is 1.28 bits per heavy atom. The maximum atomic E-state index is 13.0. The van der Waals surface area contributed by atoms with Crippen molar-refractivity contribution in [3.63, 3.8) is 0 Å². The molecule has 8 nitrogen and oxygen atoms in total. The summed E-state index contributed by atoms with van der Waals surface area (Å²) < 4.78 is 40.0. The number of phosphoric acid groups is 1. The van der Waals surface area contributed by atoms with E-state index in [4.69, 9.17) is 23.0 Å². The van der Waals surface area contributed by atoms with Gasteiger partial charge in [-0.25, -0.2) is 4.57 Å². The molecule has 0 heterocycles. The van der Waals surface area contributed by atoms with Crippen molar-refractivity contribution < 1.29 is 37.2 Å². The van der Waals surface area contributed by atoms with Gasteiger partial charge in [-0.3, -0.25) is 14.1 Å². The normalized spacial score (nSPS) is 10.9. The highest BCUT2D eigenvalue weighted by Gasteiger charge is 2.30. The molecule has 0 atom stereocenters. The van der Waals surface area contributed by atoms with E-state index in [0.717, 1.165) is 38.5 Å². The molecule has 0 aliphatic carbocycles. The standard InChI is InChI=1S/C20H27O4P.C18H34O4/c1-2-3-4-5-6-13-18-22-25(21,23-19-14-9-7-10-15-19)24-20-16-11-8-12-17-20;1-3-5-7-11-15-21-17(19)13-9-10-14-18(20)22-16-12-8-6-4-2/h7-12,14-17H,2-6,13,18H2,1H3;3-16H2,1-2H3. The number of rotatable bonds is 27. The van der Waals surface area contributed by atoms with E-state index in [9.17, 15) is 14.2 Å². The molecule has 2 rings (SSSR count). The summed E-state index contributed by atoms with van der Waals surface area (Å²) in [6.45, 7) is 7.91. The Morgan fingerprint density at radius 2 is 0.851 bits per heavy atom. The highest BCUT2D eigenvalue weighted by atomic mass is 31.2. The summed E-state index contributed by atoms with van der Waals surface area (Å²) in [6, 6.07) is 17.9. The van der Waals surface area contributed by atoms with Crippen LogP contribution >= 0.6 is 7.82 Å². The number of benzene rings is 2. The minimum Gasteiger partial charge on any atom is -0.466 e. The maximum Gasteiger partial charge on any atom is 0.587 e. The SMILES string of the molecule is CCCCCCCCOP(=O)(Oc1ccccc1)Oc1ccccc1.CCCCCCOC(=O)CCCCC(=O)OCCCCCC. The van der Waals surface area contributed by atoms with Crippen molar-refractivity contribution in [2.45, 2.75) is 136 Å². The van der Waals surface area contributed by atoms with E-state index in [-0.39, 0.29) is 11.9 Å². The first-order valence-corrected chi connectivity index (χ1v) is 19.4. The highest BCUT2D eigenvalue weighted by Crippen LogP contribution is 2.49. The number of ether oxygens (including phenoxy) is 2. The van der Waals surface area contributed by atoms with Crippen LogP contribution in [0.15, 0.2) is 60.7 Å². The molecule has 0 unspecified atom stereocenters. The lowest BCUT2D eigenvalue weighted by atomic mass is 10.1. The second kappa shape index (κ2) is 29.3. The van der Waals surface area contributed by atoms with Crippen molar-refractivity contribution in [3.05, 3.63) is 60.7 Å². The van der Waals surface area contributed by atoms with Gasteiger partial charge in [-0.15, -0.1) is 0 Å². The topological polar surface area (TPSA) is 97.4 Å². The van der Waals surface area contributed by atoms with Crippen LogP contribution in [0, 0.1) is 0 Å². The number of carbonyl (C=O) groups is 2. The Kier molecular flexibility index (Phi) is 26.3. The third kappa shape index (κ3) is 24.9. The molecule has 0 amide bonds. The van der Waals surface area contributed by atoms with Gasteiger partial charge in [-0.2, -0.15) is 0 Å². The molecule has 47 heavy (non-hydrogen) atoms. The summed E-state index contributed by atoms with van der Waals surface area (Å²) in [7, 11) is -3.72. The number of hydrogen-bond donors (Lipinski definition) is 0. The van der Waals surface area contributed by atoms with Crippen LogP contribution in [0.3, 0.4) is 0 Å². The quantitative estimate of drug-likeness (QED) is 0.0524. The number of para-hydroxylation sites is 2. The second-order valence-electron chi connectivity index (χ2n) is 11.6. The van der Waals surface area contributed by atoms with E-state index in [0.29, 0.717) is 57.0 Å². The van der Waals surface area contributed by atoms with Crippen molar-refractivity contribution in [3.8, 4) is 11.5 Å². The molecule has 2 aromatic rings. The van der Waals surface area contributed by atoms with E-state index in [2.05, 4.69) is 20.8 Å². The summed E-state index contributed by atoms with van der Waals surface area (Å²) >= 11 is 0. The molecular formula is C38H61O8P. The molecule has 0 aliphatic rings. The minimum atomic E-state index is -3.72. The van der Waals surface area contributed by atoms with E-state index in [1.807, 2.05) is 36.4 Å². The van der Waals surface area contributed by atoms with E-state index >= 15 is 0 Å². The van der Waals surface area contributed by atoms with Gasteiger partial charge >= 0.3 is 19.8 Å². The smallest absolute Gasteiger partial charge is 0.466 e. The second-order valence-corrected chi connectivity index (χ2v) is 13.1. The molecule has 0 fully saturated rings. The maximum absolute atomic E-state index is 13.0. The fourth-order valence-corrected chi connectivity index (χ4v) is 5.72. The Bertz CT molecular complexity index is 990. The number of unbranched alkanes of at least 4 members (excludes halogenated alkanes) is 12. The van der Waals surface area contributed by atoms with Gasteiger partial charge in [0.2, 0.25) is 0 Å². The Hall–Kier alpha value is -2.83. The van der Waals surface area contributed by atoms with Gasteiger partial charge in [0.05, 0.1) is 19.8 Å². The van der Waals surface area contributed by atoms with Crippen LogP contribution in [0.25, 0.3) is 0 Å². The predicted octanol–water partition coefficient (Wildman–Crippen LogP) is 11.4. The zero-order valence-electron chi connectivity index (χ0n) is 29.3. The minimum absolute atomic E-state index is 0.149. The van der Waals surface area contributed by atoms with Crippen molar-refractivity contribution >= 4 is 19.8 Å². The first-order valence-electron chi connectivity index (χ1n) is 18.0. The van der Waals surface area contributed by atoms with Crippen LogP contribution in [0.1, 0.15) is 136 Å². The first-order chi connectivity index (χ1) is 22.9. The number of phosphoric ester groups is 1. The fourth-order valence-electron chi connectivity index (χ4n) is 4.46. The summed E-state index contributed by atoms with van der Waals surface area (Å²) in [5.41, 5.74) is 0. The molecule has 0 saturated heterocycles. The monoisotopic (exact) mass is 676 g/mol. The Morgan fingerprint density at radius 1 is 0.489 bits per heavy atom. The molecule has 0 spiro atoms. The van der Waals surface area contributed by atoms with Gasteiger partial charge in [-0.05, 0) is 56.4 Å². The average Bonchev–Trinajstić information content (AvgIpc) is 3.07. The van der Waals surface area contributed by atoms with Crippen molar-refractivity contribution in [2.75, 3.05) is 19.8 Å². The van der Waals surface area contributed by atoms with E-state index in [1.54, 1.807) is 24.3 Å². The summed E-state index contributed by atoms with van der Waals surface area (Å²) in [4.78, 5) is 22.9. The lowest BCUT2D eigenvalue weighted by molar-refractivity contribution is -0.146. The van der Waals surface area contributed by atoms with Crippen LogP contribution in [-0.4, -0.2) is 31.8 Å². The summed E-state index contributed by atoms with van der Waals surface area (Å²) in [5, 5.41) is 0. The Labute approximate surface area is 284 Å². The van der Waals surface area contributed by atoms with Crippen LogP contribution in [0.4, 0.5) is 0 Å². The summed E-state index contributed by atoms with van der Waals surface area (Å²) in [5.74, 6) is 0.628. The molecule has 0 radical (unpaired) electrons. The van der Waals surface area contributed by atoms with Crippen LogP contribution in [-0.2, 0) is 28.2 Å². The van der Waals surface area contributed by atoms with Crippen molar-refractivity contribution in [1.29, 1.82) is 0 Å². The third-order valence-electron chi connectivity index (χ3n) is 7.20. The molecule has 0 N–H and O–H groups in total. The van der Waals surface area contributed by atoms with Crippen molar-refractivity contribution in [1.82, 2.24) is 0 Å². The third-order valence-corrected chi connectivity index (χ3v) is 8.57. The molecule has 2 aromatic carbocycles. The molecule has 9 heteroatoms. The number of esters is 2. The summed E-state index contributed by atoms with van der Waals surface area (Å²) in [6.07, 6.45) is 17.8. The van der Waals surface area contributed by atoms with Crippen LogP contribution < -0.4 is 9.05 Å². The molecule has 0 bridgehead atoms. The van der Waals surface area contributed by atoms with Crippen molar-refractivity contribution in [2.24, 2.45) is 0 Å². The molecule has 266 valence electrons. The molecule has 0 saturated carbocycles. The lowest BCUT2D eigenvalue weighted by Crippen LogP contribution is -2.08. The fraction of sp³-hybridized carbons (Fsp3) is 0.632. The molecule has 0 aliphatic heterocycles. The largest absolute Gasteiger partial charge is 0.587 e. The molecular weight excluding hydrogens is 615 g/mol. The predicted molar refractivity (Wildman–Crippen MR) is 190 cm³/mol. The zero-order chi connectivity index (χ0) is 34.3. The number of carbonyl (C=O) groups excluding carboxylic acids is 2. The highest BCUT2D eigenvalue weighted by molar-refractivity contribution is 7.49. The van der Waals surface area contributed by atoms with Gasteiger partial charge in [0.25, 0.3) is 0 Å². The van der Waals surface area contributed by atoms with Crippen LogP contribution in [0.5, 0.6) is 11.5 Å². The van der Waals surface area contributed by atoms with Gasteiger partial charge in [-0.1, -0.05) is 128 Å². The Balaban J connectivity index is 0.000000475. The van der Waals surface area contributed by atoms with Gasteiger partial charge < -0.3 is 18.5 Å². The zero-order valence-corrected chi connectivity index (χ0v) is 30.2. The van der Waals surface area contributed by atoms with E-state index in [1.165, 1.54) is 51.4 Å². The lowest BCUT2D eigenvalue weighted by Gasteiger charge is -2.19. The van der Waals surface area contributed by atoms with Gasteiger partial charge in [0.1, 0.15) is 11.5 Å². The van der Waals surface area contributed by atoms with Crippen LogP contribution in [0.2, 0.25) is 0 Å². The van der Waals surface area contributed by atoms with Gasteiger partial charge in [0.15, 0.2) is 0 Å². The average molecular weight is 677 g/mol. The first kappa shape index (κ1) is 42.2. The van der Waals surface area contributed by atoms with E-state index < -0.39 is 7.82 Å².